The SMILES string of the molecule is O=C(NCc1cn(Cc2ccccc2)nc1-c1ccccc1)[C@@H]1Cc2ccccc2O1. The van der Waals surface area contributed by atoms with Gasteiger partial charge in [0.1, 0.15) is 5.75 Å². The number of aromatic nitrogens is 2. The van der Waals surface area contributed by atoms with E-state index in [1.165, 1.54) is 5.56 Å². The Kier molecular flexibility index (Phi) is 5.23. The summed E-state index contributed by atoms with van der Waals surface area (Å²) in [5.74, 6) is 0.689. The van der Waals surface area contributed by atoms with Crippen LogP contribution in [0, 0.1) is 0 Å². The number of hydrogen-bond acceptors (Lipinski definition) is 3. The molecule has 1 aromatic heterocycles. The zero-order valence-corrected chi connectivity index (χ0v) is 17.1. The first-order chi connectivity index (χ1) is 15.3. The highest BCUT2D eigenvalue weighted by atomic mass is 16.5. The number of hydrogen-bond donors (Lipinski definition) is 1. The van der Waals surface area contributed by atoms with E-state index >= 15 is 0 Å². The molecule has 0 unspecified atom stereocenters. The molecular formula is C26H23N3O2. The Balaban J connectivity index is 1.33. The fourth-order valence-corrected chi connectivity index (χ4v) is 3.91. The van der Waals surface area contributed by atoms with Crippen molar-refractivity contribution in [2.24, 2.45) is 0 Å². The van der Waals surface area contributed by atoms with E-state index in [0.717, 1.165) is 28.1 Å². The van der Waals surface area contributed by atoms with Crippen LogP contribution < -0.4 is 10.1 Å². The van der Waals surface area contributed by atoms with Gasteiger partial charge in [-0.05, 0) is 17.2 Å². The van der Waals surface area contributed by atoms with E-state index in [1.807, 2.05) is 83.7 Å². The maximum absolute atomic E-state index is 12.8. The molecule has 1 N–H and O–H groups in total. The lowest BCUT2D eigenvalue weighted by Crippen LogP contribution is -2.37. The van der Waals surface area contributed by atoms with E-state index < -0.39 is 6.10 Å². The number of fused-ring (bicyclic) bond motifs is 1. The van der Waals surface area contributed by atoms with Crippen LogP contribution in [-0.2, 0) is 24.3 Å². The van der Waals surface area contributed by atoms with Crippen LogP contribution in [-0.4, -0.2) is 21.8 Å². The van der Waals surface area contributed by atoms with E-state index in [9.17, 15) is 4.79 Å². The molecule has 4 aromatic rings. The van der Waals surface area contributed by atoms with Gasteiger partial charge in [0.25, 0.3) is 5.91 Å². The summed E-state index contributed by atoms with van der Waals surface area (Å²) in [6, 6.07) is 28.1. The second-order valence-corrected chi connectivity index (χ2v) is 7.69. The molecule has 154 valence electrons. The number of amides is 1. The summed E-state index contributed by atoms with van der Waals surface area (Å²) in [5, 5.41) is 7.86. The van der Waals surface area contributed by atoms with Gasteiger partial charge in [-0.15, -0.1) is 0 Å². The summed E-state index contributed by atoms with van der Waals surface area (Å²) in [6.07, 6.45) is 2.12. The largest absolute Gasteiger partial charge is 0.480 e. The summed E-state index contributed by atoms with van der Waals surface area (Å²) in [4.78, 5) is 12.8. The highest BCUT2D eigenvalue weighted by molar-refractivity contribution is 5.82. The number of ether oxygens (including phenoxy) is 1. The molecule has 3 aromatic carbocycles. The Morgan fingerprint density at radius 3 is 2.45 bits per heavy atom. The van der Waals surface area contributed by atoms with Gasteiger partial charge in [-0.1, -0.05) is 78.9 Å². The molecule has 0 radical (unpaired) electrons. The maximum Gasteiger partial charge on any atom is 0.261 e. The van der Waals surface area contributed by atoms with Crippen LogP contribution in [0.2, 0.25) is 0 Å². The summed E-state index contributed by atoms with van der Waals surface area (Å²) in [6.45, 7) is 1.07. The summed E-state index contributed by atoms with van der Waals surface area (Å²) in [5.41, 5.74) is 5.14. The monoisotopic (exact) mass is 409 g/mol. The smallest absolute Gasteiger partial charge is 0.261 e. The van der Waals surface area contributed by atoms with E-state index in [4.69, 9.17) is 9.84 Å². The topological polar surface area (TPSA) is 56.2 Å². The third-order valence-electron chi connectivity index (χ3n) is 5.46. The lowest BCUT2D eigenvalue weighted by atomic mass is 10.1. The Morgan fingerprint density at radius 2 is 1.68 bits per heavy atom. The van der Waals surface area contributed by atoms with Gasteiger partial charge in [0.05, 0.1) is 12.2 Å². The van der Waals surface area contributed by atoms with Crippen molar-refractivity contribution >= 4 is 5.91 Å². The van der Waals surface area contributed by atoms with Crippen molar-refractivity contribution in [1.29, 1.82) is 0 Å². The Hall–Kier alpha value is -3.86. The van der Waals surface area contributed by atoms with Crippen molar-refractivity contribution in [2.45, 2.75) is 25.6 Å². The minimum atomic E-state index is -0.489. The van der Waals surface area contributed by atoms with Crippen LogP contribution in [0.15, 0.2) is 91.1 Å². The quantitative estimate of drug-likeness (QED) is 0.519. The van der Waals surface area contributed by atoms with Gasteiger partial charge in [-0.25, -0.2) is 0 Å². The zero-order chi connectivity index (χ0) is 21.0. The number of carbonyl (C=O) groups excluding carboxylic acids is 1. The average Bonchev–Trinajstić information content (AvgIpc) is 3.43. The van der Waals surface area contributed by atoms with E-state index in [0.29, 0.717) is 19.5 Å². The molecule has 0 fully saturated rings. The van der Waals surface area contributed by atoms with Crippen molar-refractivity contribution in [2.75, 3.05) is 0 Å². The Morgan fingerprint density at radius 1 is 0.968 bits per heavy atom. The van der Waals surface area contributed by atoms with E-state index in [1.54, 1.807) is 0 Å². The van der Waals surface area contributed by atoms with Crippen LogP contribution in [0.4, 0.5) is 0 Å². The van der Waals surface area contributed by atoms with E-state index in [-0.39, 0.29) is 5.91 Å². The number of rotatable bonds is 6. The van der Waals surface area contributed by atoms with Crippen molar-refractivity contribution in [3.05, 3.63) is 108 Å². The van der Waals surface area contributed by atoms with Gasteiger partial charge in [-0.2, -0.15) is 5.10 Å². The molecule has 1 amide bonds. The third kappa shape index (κ3) is 4.21. The maximum atomic E-state index is 12.8. The first kappa shape index (κ1) is 19.1. The molecule has 1 atom stereocenters. The molecule has 5 rings (SSSR count). The average molecular weight is 409 g/mol. The molecule has 0 saturated carbocycles. The standard InChI is InChI=1S/C26H23N3O2/c30-26(24-15-21-13-7-8-14-23(21)31-24)27-16-22-18-29(17-19-9-3-1-4-10-19)28-25(22)20-11-5-2-6-12-20/h1-14,18,24H,15-17H2,(H,27,30)/t24-/m0/s1. The number of para-hydroxylation sites is 1. The van der Waals surface area contributed by atoms with Crippen molar-refractivity contribution in [3.63, 3.8) is 0 Å². The van der Waals surface area contributed by atoms with Crippen molar-refractivity contribution < 1.29 is 9.53 Å². The number of nitrogens with one attached hydrogen (secondary N) is 1. The summed E-state index contributed by atoms with van der Waals surface area (Å²) in [7, 11) is 0. The van der Waals surface area contributed by atoms with Gasteiger partial charge >= 0.3 is 0 Å². The first-order valence-electron chi connectivity index (χ1n) is 10.4. The highest BCUT2D eigenvalue weighted by Gasteiger charge is 2.28. The van der Waals surface area contributed by atoms with Crippen LogP contribution >= 0.6 is 0 Å². The molecule has 5 heteroatoms. The first-order valence-corrected chi connectivity index (χ1v) is 10.4. The van der Waals surface area contributed by atoms with Gasteiger partial charge in [0, 0.05) is 30.3 Å². The molecule has 0 bridgehead atoms. The predicted octanol–water partition coefficient (Wildman–Crippen LogP) is 4.22. The van der Waals surface area contributed by atoms with Crippen molar-refractivity contribution in [3.8, 4) is 17.0 Å². The fourth-order valence-electron chi connectivity index (χ4n) is 3.91. The third-order valence-corrected chi connectivity index (χ3v) is 5.46. The van der Waals surface area contributed by atoms with Crippen LogP contribution in [0.1, 0.15) is 16.7 Å². The van der Waals surface area contributed by atoms with E-state index in [2.05, 4.69) is 17.4 Å². The second-order valence-electron chi connectivity index (χ2n) is 7.69. The molecular weight excluding hydrogens is 386 g/mol. The molecule has 2 heterocycles. The molecule has 1 aliphatic heterocycles. The minimum absolute atomic E-state index is 0.106. The van der Waals surface area contributed by atoms with Gasteiger partial charge in [0.2, 0.25) is 0 Å². The molecule has 1 aliphatic rings. The van der Waals surface area contributed by atoms with Crippen molar-refractivity contribution in [1.82, 2.24) is 15.1 Å². The number of benzene rings is 3. The van der Waals surface area contributed by atoms with Crippen LogP contribution in [0.5, 0.6) is 5.75 Å². The highest BCUT2D eigenvalue weighted by Crippen LogP contribution is 2.28. The second kappa shape index (κ2) is 8.48. The van der Waals surface area contributed by atoms with Crippen LogP contribution in [0.25, 0.3) is 11.3 Å². The minimum Gasteiger partial charge on any atom is -0.480 e. The Bertz CT molecular complexity index is 1160. The number of carbonyl (C=O) groups is 1. The number of nitrogens with zero attached hydrogens (tertiary/aromatic N) is 2. The summed E-state index contributed by atoms with van der Waals surface area (Å²) >= 11 is 0. The molecule has 5 nitrogen and oxygen atoms in total. The molecule has 0 aliphatic carbocycles. The lowest BCUT2D eigenvalue weighted by molar-refractivity contribution is -0.127. The van der Waals surface area contributed by atoms with Gasteiger partial charge < -0.3 is 10.1 Å². The predicted molar refractivity (Wildman–Crippen MR) is 120 cm³/mol. The normalized spacial score (nSPS) is 14.6. The summed E-state index contributed by atoms with van der Waals surface area (Å²) < 4.78 is 7.75. The molecule has 0 spiro atoms. The zero-order valence-electron chi connectivity index (χ0n) is 17.1. The van der Waals surface area contributed by atoms with Crippen LogP contribution in [0.3, 0.4) is 0 Å². The molecule has 31 heavy (non-hydrogen) atoms. The lowest BCUT2D eigenvalue weighted by Gasteiger charge is -2.11. The molecule has 0 saturated heterocycles. The van der Waals surface area contributed by atoms with Gasteiger partial charge in [0.15, 0.2) is 6.10 Å². The fraction of sp³-hybridized carbons (Fsp3) is 0.154. The Labute approximate surface area is 181 Å². The van der Waals surface area contributed by atoms with Gasteiger partial charge in [-0.3, -0.25) is 9.48 Å².